The van der Waals surface area contributed by atoms with E-state index in [1.807, 2.05) is 37.4 Å². The monoisotopic (exact) mass is 217 g/mol. The van der Waals surface area contributed by atoms with Crippen molar-refractivity contribution < 1.29 is 9.53 Å². The number of aldehydes is 1. The van der Waals surface area contributed by atoms with Gasteiger partial charge in [0.25, 0.3) is 0 Å². The zero-order chi connectivity index (χ0) is 11.4. The highest BCUT2D eigenvalue weighted by molar-refractivity contribution is 5.86. The Morgan fingerprint density at radius 1 is 1.38 bits per heavy atom. The highest BCUT2D eigenvalue weighted by atomic mass is 16.5. The summed E-state index contributed by atoms with van der Waals surface area (Å²) in [6.45, 7) is 3.36. The lowest BCUT2D eigenvalue weighted by Gasteiger charge is -2.06. The van der Waals surface area contributed by atoms with Gasteiger partial charge in [-0.2, -0.15) is 0 Å². The normalized spacial score (nSPS) is 10.6. The van der Waals surface area contributed by atoms with Gasteiger partial charge in [0.05, 0.1) is 12.1 Å². The molecule has 0 saturated carbocycles. The summed E-state index contributed by atoms with van der Waals surface area (Å²) in [5.74, 6) is 0.907. The van der Waals surface area contributed by atoms with Crippen LogP contribution in [0.4, 0.5) is 0 Å². The lowest BCUT2D eigenvalue weighted by atomic mass is 10.2. The predicted molar refractivity (Wildman–Crippen MR) is 63.8 cm³/mol. The van der Waals surface area contributed by atoms with Crippen LogP contribution in [0.5, 0.6) is 5.75 Å². The first-order valence-corrected chi connectivity index (χ1v) is 5.51. The quantitative estimate of drug-likeness (QED) is 0.721. The van der Waals surface area contributed by atoms with E-state index in [9.17, 15) is 4.79 Å². The van der Waals surface area contributed by atoms with E-state index >= 15 is 0 Å². The number of fused-ring (bicyclic) bond motifs is 1. The van der Waals surface area contributed by atoms with Crippen molar-refractivity contribution in [2.24, 2.45) is 0 Å². The molecule has 2 aromatic rings. The van der Waals surface area contributed by atoms with Crippen molar-refractivity contribution in [3.8, 4) is 5.75 Å². The number of hydrogen-bond donors (Lipinski definition) is 0. The number of aromatic nitrogens is 1. The van der Waals surface area contributed by atoms with Crippen LogP contribution < -0.4 is 4.74 Å². The molecule has 0 aliphatic heterocycles. The third-order valence-corrected chi connectivity index (χ3v) is 2.56. The molecule has 0 atom stereocenters. The summed E-state index contributed by atoms with van der Waals surface area (Å²) >= 11 is 0. The summed E-state index contributed by atoms with van der Waals surface area (Å²) in [6, 6.07) is 8.02. The Morgan fingerprint density at radius 2 is 2.25 bits per heavy atom. The van der Waals surface area contributed by atoms with E-state index in [-0.39, 0.29) is 0 Å². The van der Waals surface area contributed by atoms with Crippen LogP contribution >= 0.6 is 0 Å². The van der Waals surface area contributed by atoms with Crippen LogP contribution in [-0.4, -0.2) is 17.5 Å². The first-order valence-electron chi connectivity index (χ1n) is 5.51. The SMILES string of the molecule is CCOc1cccc2c1ccn2CCC=O. The molecule has 84 valence electrons. The highest BCUT2D eigenvalue weighted by Gasteiger charge is 2.05. The minimum atomic E-state index is 0.544. The van der Waals surface area contributed by atoms with E-state index < -0.39 is 0 Å². The molecule has 0 saturated heterocycles. The number of nitrogens with zero attached hydrogens (tertiary/aromatic N) is 1. The van der Waals surface area contributed by atoms with Gasteiger partial charge < -0.3 is 14.1 Å². The van der Waals surface area contributed by atoms with Crippen LogP contribution in [0.1, 0.15) is 13.3 Å². The van der Waals surface area contributed by atoms with Crippen molar-refractivity contribution >= 4 is 17.2 Å². The smallest absolute Gasteiger partial charge is 0.128 e. The van der Waals surface area contributed by atoms with Gasteiger partial charge in [-0.25, -0.2) is 0 Å². The summed E-state index contributed by atoms with van der Waals surface area (Å²) in [7, 11) is 0. The van der Waals surface area contributed by atoms with E-state index in [1.165, 1.54) is 0 Å². The number of rotatable bonds is 5. The third-order valence-electron chi connectivity index (χ3n) is 2.56. The maximum Gasteiger partial charge on any atom is 0.128 e. The predicted octanol–water partition coefficient (Wildman–Crippen LogP) is 2.63. The molecule has 0 unspecified atom stereocenters. The molecule has 16 heavy (non-hydrogen) atoms. The molecular weight excluding hydrogens is 202 g/mol. The Hall–Kier alpha value is -1.77. The fourth-order valence-corrected chi connectivity index (χ4v) is 1.86. The van der Waals surface area contributed by atoms with Gasteiger partial charge in [-0.05, 0) is 25.1 Å². The van der Waals surface area contributed by atoms with Gasteiger partial charge in [0.1, 0.15) is 12.0 Å². The van der Waals surface area contributed by atoms with Crippen molar-refractivity contribution in [3.05, 3.63) is 30.5 Å². The topological polar surface area (TPSA) is 31.2 Å². The first kappa shape index (κ1) is 10.7. The van der Waals surface area contributed by atoms with Crippen LogP contribution in [0.15, 0.2) is 30.5 Å². The minimum absolute atomic E-state index is 0.544. The maximum atomic E-state index is 10.4. The second-order valence-corrected chi connectivity index (χ2v) is 3.59. The Bertz CT molecular complexity index is 488. The molecular formula is C13H15NO2. The van der Waals surface area contributed by atoms with Crippen LogP contribution in [0, 0.1) is 0 Å². The number of hydrogen-bond acceptors (Lipinski definition) is 2. The number of aryl methyl sites for hydroxylation is 1. The molecule has 0 radical (unpaired) electrons. The Kier molecular flexibility index (Phi) is 3.25. The molecule has 1 aromatic carbocycles. The van der Waals surface area contributed by atoms with Crippen LogP contribution in [0.25, 0.3) is 10.9 Å². The first-order chi connectivity index (χ1) is 7.86. The molecule has 1 aromatic heterocycles. The van der Waals surface area contributed by atoms with Crippen molar-refractivity contribution in [2.75, 3.05) is 6.61 Å². The van der Waals surface area contributed by atoms with Crippen LogP contribution in [-0.2, 0) is 11.3 Å². The summed E-state index contributed by atoms with van der Waals surface area (Å²) in [5, 5.41) is 1.11. The maximum absolute atomic E-state index is 10.4. The molecule has 2 rings (SSSR count). The van der Waals surface area contributed by atoms with Crippen molar-refractivity contribution in [1.82, 2.24) is 4.57 Å². The molecule has 3 nitrogen and oxygen atoms in total. The number of carbonyl (C=O) groups excluding carboxylic acids is 1. The second kappa shape index (κ2) is 4.84. The molecule has 0 N–H and O–H groups in total. The standard InChI is InChI=1S/C13H15NO2/c1-2-16-13-6-3-5-12-11(13)7-9-14(12)8-4-10-15/h3,5-7,9-10H,2,4,8H2,1H3. The molecule has 0 spiro atoms. The fourth-order valence-electron chi connectivity index (χ4n) is 1.86. The van der Waals surface area contributed by atoms with Crippen LogP contribution in [0.2, 0.25) is 0 Å². The lowest BCUT2D eigenvalue weighted by molar-refractivity contribution is -0.108. The van der Waals surface area contributed by atoms with Gasteiger partial charge in [0.2, 0.25) is 0 Å². The lowest BCUT2D eigenvalue weighted by Crippen LogP contribution is -1.96. The Morgan fingerprint density at radius 3 is 3.00 bits per heavy atom. The zero-order valence-electron chi connectivity index (χ0n) is 9.35. The van der Waals surface area contributed by atoms with E-state index in [2.05, 4.69) is 4.57 Å². The number of carbonyl (C=O) groups is 1. The van der Waals surface area contributed by atoms with Gasteiger partial charge in [-0.3, -0.25) is 0 Å². The molecule has 1 heterocycles. The minimum Gasteiger partial charge on any atom is -0.493 e. The molecule has 0 aliphatic carbocycles. The summed E-state index contributed by atoms with van der Waals surface area (Å²) in [6.07, 6.45) is 3.48. The average molecular weight is 217 g/mol. The van der Waals surface area contributed by atoms with E-state index in [1.54, 1.807) is 0 Å². The molecule has 0 amide bonds. The van der Waals surface area contributed by atoms with Gasteiger partial charge >= 0.3 is 0 Å². The van der Waals surface area contributed by atoms with Crippen molar-refractivity contribution in [1.29, 1.82) is 0 Å². The summed E-state index contributed by atoms with van der Waals surface area (Å²) < 4.78 is 7.63. The van der Waals surface area contributed by atoms with E-state index in [4.69, 9.17) is 4.74 Å². The summed E-state index contributed by atoms with van der Waals surface area (Å²) in [5.41, 5.74) is 1.12. The number of benzene rings is 1. The van der Waals surface area contributed by atoms with Gasteiger partial charge in [-0.15, -0.1) is 0 Å². The van der Waals surface area contributed by atoms with Crippen LogP contribution in [0.3, 0.4) is 0 Å². The molecule has 0 bridgehead atoms. The third kappa shape index (κ3) is 1.94. The summed E-state index contributed by atoms with van der Waals surface area (Å²) in [4.78, 5) is 10.4. The molecule has 0 aliphatic rings. The van der Waals surface area contributed by atoms with Crippen molar-refractivity contribution in [3.63, 3.8) is 0 Å². The molecule has 0 fully saturated rings. The van der Waals surface area contributed by atoms with Gasteiger partial charge in [-0.1, -0.05) is 6.07 Å². The molecule has 3 heteroatoms. The van der Waals surface area contributed by atoms with Gasteiger partial charge in [0, 0.05) is 24.5 Å². The fraction of sp³-hybridized carbons (Fsp3) is 0.308. The van der Waals surface area contributed by atoms with Gasteiger partial charge in [0.15, 0.2) is 0 Å². The average Bonchev–Trinajstić information content (AvgIpc) is 2.71. The van der Waals surface area contributed by atoms with E-state index in [0.717, 1.165) is 29.5 Å². The van der Waals surface area contributed by atoms with E-state index in [0.29, 0.717) is 13.0 Å². The number of ether oxygens (including phenoxy) is 1. The zero-order valence-corrected chi connectivity index (χ0v) is 9.35. The largest absolute Gasteiger partial charge is 0.493 e. The highest BCUT2D eigenvalue weighted by Crippen LogP contribution is 2.26. The second-order valence-electron chi connectivity index (χ2n) is 3.59. The Labute approximate surface area is 94.6 Å². The van der Waals surface area contributed by atoms with Crippen molar-refractivity contribution in [2.45, 2.75) is 19.9 Å². The Balaban J connectivity index is 2.40.